The van der Waals surface area contributed by atoms with Gasteiger partial charge >= 0.3 is 5.97 Å². The van der Waals surface area contributed by atoms with E-state index in [9.17, 15) is 24.0 Å². The van der Waals surface area contributed by atoms with Crippen LogP contribution in [0.3, 0.4) is 0 Å². The van der Waals surface area contributed by atoms with Gasteiger partial charge in [-0.2, -0.15) is 0 Å². The van der Waals surface area contributed by atoms with E-state index in [0.717, 1.165) is 6.42 Å². The highest BCUT2D eigenvalue weighted by Crippen LogP contribution is 2.55. The van der Waals surface area contributed by atoms with Crippen LogP contribution in [0.1, 0.15) is 41.0 Å². The lowest BCUT2D eigenvalue weighted by atomic mass is 9.82. The number of imide groups is 1. The molecule has 4 atom stereocenters. The van der Waals surface area contributed by atoms with Crippen molar-refractivity contribution < 1.29 is 28.7 Å². The number of amides is 3. The Morgan fingerprint density at radius 2 is 1.71 bits per heavy atom. The average molecular weight is 472 g/mol. The number of carbonyl (C=O) groups excluding carboxylic acids is 5. The summed E-state index contributed by atoms with van der Waals surface area (Å²) in [4.78, 5) is 63.3. The minimum absolute atomic E-state index is 0.122. The summed E-state index contributed by atoms with van der Waals surface area (Å²) < 4.78 is 5.08. The summed E-state index contributed by atoms with van der Waals surface area (Å²) in [6.45, 7) is 2.94. The number of fused-ring (bicyclic) bond motifs is 5. The normalized spacial score (nSPS) is 24.3. The lowest BCUT2D eigenvalue weighted by molar-refractivity contribution is -0.123. The number of rotatable bonds is 6. The van der Waals surface area contributed by atoms with E-state index >= 15 is 0 Å². The van der Waals surface area contributed by atoms with E-state index in [1.807, 2.05) is 6.92 Å². The first-order chi connectivity index (χ1) is 16.7. The van der Waals surface area contributed by atoms with Gasteiger partial charge in [0, 0.05) is 11.3 Å². The van der Waals surface area contributed by atoms with E-state index in [4.69, 9.17) is 4.74 Å². The second-order valence-corrected chi connectivity index (χ2v) is 9.29. The fourth-order valence-electron chi connectivity index (χ4n) is 5.50. The molecule has 0 spiro atoms. The molecule has 1 saturated carbocycles. The van der Waals surface area contributed by atoms with Crippen LogP contribution in [0.5, 0.6) is 0 Å². The molecular weight excluding hydrogens is 448 g/mol. The lowest BCUT2D eigenvalue weighted by Gasteiger charge is -2.19. The molecule has 8 nitrogen and oxygen atoms in total. The number of benzene rings is 2. The van der Waals surface area contributed by atoms with Crippen molar-refractivity contribution in [1.82, 2.24) is 0 Å². The number of esters is 1. The minimum atomic E-state index is -0.710. The topological polar surface area (TPSA) is 110 Å². The summed E-state index contributed by atoms with van der Waals surface area (Å²) in [5.41, 5.74) is 2.68. The van der Waals surface area contributed by atoms with Crippen LogP contribution in [0.4, 0.5) is 11.4 Å². The van der Waals surface area contributed by atoms with Crippen molar-refractivity contribution >= 4 is 40.8 Å². The Labute approximate surface area is 201 Å². The van der Waals surface area contributed by atoms with Gasteiger partial charge in [-0.05, 0) is 68.5 Å². The number of carbonyl (C=O) groups is 5. The summed E-state index contributed by atoms with van der Waals surface area (Å²) in [6.07, 6.45) is 2.99. The van der Waals surface area contributed by atoms with Gasteiger partial charge in [0.2, 0.25) is 11.8 Å². The minimum Gasteiger partial charge on any atom is -0.452 e. The largest absolute Gasteiger partial charge is 0.452 e. The number of Topliss-reactive ketones (excluding diaryl/α,β-unsaturated/α-hetero) is 1. The van der Waals surface area contributed by atoms with Gasteiger partial charge in [-0.15, -0.1) is 0 Å². The molecule has 1 aliphatic heterocycles. The van der Waals surface area contributed by atoms with Crippen molar-refractivity contribution in [2.24, 2.45) is 23.7 Å². The number of ether oxygens (including phenoxy) is 1. The number of hydrogen-bond acceptors (Lipinski definition) is 6. The summed E-state index contributed by atoms with van der Waals surface area (Å²) in [5.74, 6) is -2.08. The average Bonchev–Trinajstić information content (AvgIpc) is 3.48. The Balaban J connectivity index is 1.20. The SMILES string of the molecule is CC(=O)c1cccc(NC(=O)COC(=O)c2ccc(N3C(=O)[C@@H]4[C@@H](C3=O)[C@H]3C=C(C)[C@H]4C3)cc2)c1. The van der Waals surface area contributed by atoms with Gasteiger partial charge in [-0.1, -0.05) is 23.8 Å². The first kappa shape index (κ1) is 22.7. The van der Waals surface area contributed by atoms with Gasteiger partial charge in [0.05, 0.1) is 23.1 Å². The number of anilines is 2. The zero-order chi connectivity index (χ0) is 24.9. The molecule has 3 amide bonds. The molecule has 178 valence electrons. The van der Waals surface area contributed by atoms with Crippen LogP contribution >= 0.6 is 0 Å². The zero-order valence-electron chi connectivity index (χ0n) is 19.3. The van der Waals surface area contributed by atoms with Crippen molar-refractivity contribution in [1.29, 1.82) is 0 Å². The van der Waals surface area contributed by atoms with Crippen LogP contribution < -0.4 is 10.2 Å². The predicted octanol–water partition coefficient (Wildman–Crippen LogP) is 3.39. The Hall–Kier alpha value is -4.07. The van der Waals surface area contributed by atoms with Crippen molar-refractivity contribution in [2.45, 2.75) is 20.3 Å². The molecular formula is C27H24N2O6. The Morgan fingerprint density at radius 1 is 1.00 bits per heavy atom. The van der Waals surface area contributed by atoms with Gasteiger partial charge in [0.25, 0.3) is 5.91 Å². The molecule has 8 heteroatoms. The van der Waals surface area contributed by atoms with E-state index in [1.54, 1.807) is 36.4 Å². The Bertz CT molecular complexity index is 1300. The molecule has 1 heterocycles. The molecule has 5 rings (SSSR count). The Kier molecular flexibility index (Phi) is 5.59. The smallest absolute Gasteiger partial charge is 0.338 e. The standard InChI is InChI=1S/C27H24N2O6/c1-14-10-18-12-21(14)24-23(18)25(32)29(26(24)33)20-8-6-16(7-9-20)27(34)35-13-22(31)28-19-5-3-4-17(11-19)15(2)30/h3-11,18,21,23-24H,12-13H2,1-2H3,(H,28,31)/t18-,21+,23-,24-/m0/s1. The summed E-state index contributed by atoms with van der Waals surface area (Å²) in [5, 5.41) is 2.58. The first-order valence-electron chi connectivity index (χ1n) is 11.5. The number of allylic oxidation sites excluding steroid dienone is 2. The third kappa shape index (κ3) is 3.95. The van der Waals surface area contributed by atoms with E-state index in [2.05, 4.69) is 11.4 Å². The van der Waals surface area contributed by atoms with Crippen LogP contribution in [0.2, 0.25) is 0 Å². The second-order valence-electron chi connectivity index (χ2n) is 9.29. The fraction of sp³-hybridized carbons (Fsp3) is 0.296. The molecule has 2 bridgehead atoms. The summed E-state index contributed by atoms with van der Waals surface area (Å²) >= 11 is 0. The highest BCUT2D eigenvalue weighted by atomic mass is 16.5. The van der Waals surface area contributed by atoms with Gasteiger partial charge in [-0.25, -0.2) is 4.79 Å². The van der Waals surface area contributed by atoms with Crippen LogP contribution in [-0.4, -0.2) is 36.1 Å². The van der Waals surface area contributed by atoms with Gasteiger partial charge < -0.3 is 10.1 Å². The van der Waals surface area contributed by atoms with Crippen LogP contribution in [0.25, 0.3) is 0 Å². The zero-order valence-corrected chi connectivity index (χ0v) is 19.3. The molecule has 1 N–H and O–H groups in total. The quantitative estimate of drug-likeness (QED) is 0.299. The third-order valence-electron chi connectivity index (χ3n) is 7.13. The van der Waals surface area contributed by atoms with Crippen molar-refractivity contribution in [3.8, 4) is 0 Å². The lowest BCUT2D eigenvalue weighted by Crippen LogP contribution is -2.33. The monoisotopic (exact) mass is 472 g/mol. The van der Waals surface area contributed by atoms with E-state index in [0.29, 0.717) is 16.9 Å². The third-order valence-corrected chi connectivity index (χ3v) is 7.13. The van der Waals surface area contributed by atoms with E-state index in [-0.39, 0.29) is 46.8 Å². The summed E-state index contributed by atoms with van der Waals surface area (Å²) in [7, 11) is 0. The highest BCUT2D eigenvalue weighted by Gasteiger charge is 2.60. The Morgan fingerprint density at radius 3 is 2.43 bits per heavy atom. The number of nitrogens with zero attached hydrogens (tertiary/aromatic N) is 1. The van der Waals surface area contributed by atoms with Gasteiger partial charge in [0.15, 0.2) is 12.4 Å². The molecule has 35 heavy (non-hydrogen) atoms. The van der Waals surface area contributed by atoms with Gasteiger partial charge in [0.1, 0.15) is 0 Å². The van der Waals surface area contributed by atoms with Crippen molar-refractivity contribution in [3.63, 3.8) is 0 Å². The molecule has 1 saturated heterocycles. The highest BCUT2D eigenvalue weighted by molar-refractivity contribution is 6.23. The van der Waals surface area contributed by atoms with Crippen LogP contribution in [0.15, 0.2) is 60.2 Å². The number of nitrogens with one attached hydrogen (secondary N) is 1. The summed E-state index contributed by atoms with van der Waals surface area (Å²) in [6, 6.07) is 12.5. The maximum absolute atomic E-state index is 13.1. The molecule has 2 fully saturated rings. The van der Waals surface area contributed by atoms with Crippen molar-refractivity contribution in [2.75, 3.05) is 16.8 Å². The fourth-order valence-corrected chi connectivity index (χ4v) is 5.50. The molecule has 0 radical (unpaired) electrons. The van der Waals surface area contributed by atoms with Crippen molar-refractivity contribution in [3.05, 3.63) is 71.3 Å². The molecule has 2 aromatic rings. The number of ketones is 1. The van der Waals surface area contributed by atoms with Crippen LogP contribution in [0, 0.1) is 23.7 Å². The van der Waals surface area contributed by atoms with Crippen LogP contribution in [-0.2, 0) is 19.1 Å². The maximum Gasteiger partial charge on any atom is 0.338 e. The molecule has 0 unspecified atom stereocenters. The molecule has 2 aliphatic carbocycles. The van der Waals surface area contributed by atoms with E-state index in [1.165, 1.54) is 29.5 Å². The predicted molar refractivity (Wildman–Crippen MR) is 127 cm³/mol. The maximum atomic E-state index is 13.1. The van der Waals surface area contributed by atoms with Gasteiger partial charge in [-0.3, -0.25) is 24.1 Å². The van der Waals surface area contributed by atoms with E-state index < -0.39 is 18.5 Å². The molecule has 2 aromatic carbocycles. The first-order valence-corrected chi connectivity index (χ1v) is 11.5. The molecule has 3 aliphatic rings. The number of hydrogen-bond donors (Lipinski definition) is 1. The molecule has 0 aromatic heterocycles. The second kappa shape index (κ2) is 8.61.